The van der Waals surface area contributed by atoms with E-state index < -0.39 is 0 Å². The minimum Gasteiger partial charge on any atom is -0.464 e. The highest BCUT2D eigenvalue weighted by molar-refractivity contribution is 9.10. The fraction of sp³-hybridized carbons (Fsp3) is 0.100. The summed E-state index contributed by atoms with van der Waals surface area (Å²) in [6.07, 6.45) is 2.90. The van der Waals surface area contributed by atoms with Crippen LogP contribution in [0.1, 0.15) is 5.56 Å². The van der Waals surface area contributed by atoms with Gasteiger partial charge in [0.2, 0.25) is 0 Å². The topological polar surface area (TPSA) is 30.2 Å². The first-order valence-corrected chi connectivity index (χ1v) is 4.70. The molecule has 3 heteroatoms. The van der Waals surface area contributed by atoms with Gasteiger partial charge in [-0.3, -0.25) is 0 Å². The molecule has 0 saturated heterocycles. The Morgan fingerprint density at radius 3 is 3.08 bits per heavy atom. The van der Waals surface area contributed by atoms with E-state index in [1.165, 1.54) is 0 Å². The molecule has 1 aromatic heterocycles. The average molecular weight is 239 g/mol. The zero-order valence-corrected chi connectivity index (χ0v) is 8.37. The van der Waals surface area contributed by atoms with E-state index >= 15 is 0 Å². The van der Waals surface area contributed by atoms with Crippen molar-refractivity contribution in [3.63, 3.8) is 0 Å². The molecule has 0 saturated carbocycles. The summed E-state index contributed by atoms with van der Waals surface area (Å²) in [7, 11) is 0. The highest BCUT2D eigenvalue weighted by Gasteiger charge is 2.05. The van der Waals surface area contributed by atoms with Crippen LogP contribution in [0.3, 0.4) is 0 Å². The molecule has 2 aromatic rings. The van der Waals surface area contributed by atoms with E-state index in [-0.39, 0.29) is 0 Å². The highest BCUT2D eigenvalue weighted by atomic mass is 79.9. The first-order valence-electron chi connectivity index (χ1n) is 3.90. The van der Waals surface area contributed by atoms with Gasteiger partial charge in [0.15, 0.2) is 0 Å². The number of hydrogen-bond donors (Lipinski definition) is 0. The quantitative estimate of drug-likeness (QED) is 0.754. The van der Waals surface area contributed by atoms with Crippen molar-refractivity contribution in [3.05, 3.63) is 34.5 Å². The number of hydrogen-bond acceptors (Lipinski definition) is 2. The van der Waals surface area contributed by atoms with Crippen LogP contribution in [-0.2, 0) is 11.2 Å². The van der Waals surface area contributed by atoms with Gasteiger partial charge in [-0.25, -0.2) is 0 Å². The molecular formula is C10H7BrO2. The van der Waals surface area contributed by atoms with Gasteiger partial charge in [-0.1, -0.05) is 15.9 Å². The summed E-state index contributed by atoms with van der Waals surface area (Å²) in [6, 6.07) is 5.75. The first-order chi connectivity index (χ1) is 6.31. The van der Waals surface area contributed by atoms with Crippen LogP contribution in [0.5, 0.6) is 0 Å². The van der Waals surface area contributed by atoms with E-state index in [0.717, 1.165) is 27.3 Å². The molecule has 0 aliphatic carbocycles. The maximum atomic E-state index is 10.4. The Kier molecular flexibility index (Phi) is 2.19. The molecular weight excluding hydrogens is 232 g/mol. The summed E-state index contributed by atoms with van der Waals surface area (Å²) in [5.41, 5.74) is 1.72. The van der Waals surface area contributed by atoms with Crippen molar-refractivity contribution >= 4 is 33.2 Å². The van der Waals surface area contributed by atoms with Crippen LogP contribution in [-0.4, -0.2) is 6.29 Å². The zero-order chi connectivity index (χ0) is 9.26. The molecule has 0 unspecified atom stereocenters. The Labute approximate surface area is 83.7 Å². The lowest BCUT2D eigenvalue weighted by Gasteiger charge is -1.98. The van der Waals surface area contributed by atoms with E-state index in [2.05, 4.69) is 15.9 Å². The molecule has 1 aromatic carbocycles. The number of carbonyl (C=O) groups is 1. The monoisotopic (exact) mass is 238 g/mol. The molecule has 13 heavy (non-hydrogen) atoms. The Bertz CT molecular complexity index is 445. The van der Waals surface area contributed by atoms with Gasteiger partial charge in [-0.2, -0.15) is 0 Å². The van der Waals surface area contributed by atoms with Crippen molar-refractivity contribution in [2.24, 2.45) is 0 Å². The fourth-order valence-electron chi connectivity index (χ4n) is 1.36. The third-order valence-electron chi connectivity index (χ3n) is 1.90. The molecule has 1 heterocycles. The fourth-order valence-corrected chi connectivity index (χ4v) is 1.88. The number of halogens is 1. The van der Waals surface area contributed by atoms with Crippen molar-refractivity contribution in [1.29, 1.82) is 0 Å². The Morgan fingerprint density at radius 1 is 1.46 bits per heavy atom. The molecule has 0 aliphatic rings. The Hall–Kier alpha value is -1.09. The van der Waals surface area contributed by atoms with E-state index in [0.29, 0.717) is 6.42 Å². The second kappa shape index (κ2) is 3.34. The summed E-state index contributed by atoms with van der Waals surface area (Å²) < 4.78 is 6.25. The molecule has 0 aliphatic heterocycles. The van der Waals surface area contributed by atoms with E-state index in [4.69, 9.17) is 4.42 Å². The predicted molar refractivity (Wildman–Crippen MR) is 53.7 cm³/mol. The maximum Gasteiger partial charge on any atom is 0.137 e. The Morgan fingerprint density at radius 2 is 2.31 bits per heavy atom. The number of benzene rings is 1. The van der Waals surface area contributed by atoms with Gasteiger partial charge in [0.25, 0.3) is 0 Å². The number of carbonyl (C=O) groups excluding carboxylic acids is 1. The lowest BCUT2D eigenvalue weighted by molar-refractivity contribution is -0.107. The van der Waals surface area contributed by atoms with Gasteiger partial charge in [-0.05, 0) is 18.2 Å². The average Bonchev–Trinajstić information content (AvgIpc) is 2.52. The molecule has 2 rings (SSSR count). The standard InChI is InChI=1S/C10H7BrO2/c11-9-5-7(1-3-12)10-8(6-9)2-4-13-10/h2-6H,1H2. The third-order valence-corrected chi connectivity index (χ3v) is 2.35. The van der Waals surface area contributed by atoms with Crippen LogP contribution < -0.4 is 0 Å². The molecule has 66 valence electrons. The smallest absolute Gasteiger partial charge is 0.137 e. The SMILES string of the molecule is O=CCc1cc(Br)cc2ccoc12. The highest BCUT2D eigenvalue weighted by Crippen LogP contribution is 2.25. The summed E-state index contributed by atoms with van der Waals surface area (Å²) in [5, 5.41) is 1.02. The van der Waals surface area contributed by atoms with Crippen molar-refractivity contribution in [1.82, 2.24) is 0 Å². The number of furan rings is 1. The van der Waals surface area contributed by atoms with Gasteiger partial charge in [0, 0.05) is 21.8 Å². The summed E-state index contributed by atoms with van der Waals surface area (Å²) in [5.74, 6) is 0. The molecule has 0 fully saturated rings. The number of aldehydes is 1. The molecule has 0 spiro atoms. The zero-order valence-electron chi connectivity index (χ0n) is 6.79. The minimum atomic E-state index is 0.392. The number of rotatable bonds is 2. The van der Waals surface area contributed by atoms with Gasteiger partial charge < -0.3 is 9.21 Å². The first kappa shape index (κ1) is 8.51. The van der Waals surface area contributed by atoms with Crippen LogP contribution in [0.25, 0.3) is 11.0 Å². The summed E-state index contributed by atoms with van der Waals surface area (Å²) in [4.78, 5) is 10.4. The van der Waals surface area contributed by atoms with Crippen LogP contribution in [0.2, 0.25) is 0 Å². The van der Waals surface area contributed by atoms with Crippen molar-refractivity contribution in [2.45, 2.75) is 6.42 Å². The lowest BCUT2D eigenvalue weighted by atomic mass is 10.1. The molecule has 0 amide bonds. The minimum absolute atomic E-state index is 0.392. The van der Waals surface area contributed by atoms with Gasteiger partial charge in [0.1, 0.15) is 11.9 Å². The summed E-state index contributed by atoms with van der Waals surface area (Å²) >= 11 is 3.38. The van der Waals surface area contributed by atoms with Gasteiger partial charge >= 0.3 is 0 Å². The van der Waals surface area contributed by atoms with E-state index in [1.54, 1.807) is 6.26 Å². The number of fused-ring (bicyclic) bond motifs is 1. The largest absolute Gasteiger partial charge is 0.464 e. The van der Waals surface area contributed by atoms with Crippen LogP contribution in [0, 0.1) is 0 Å². The van der Waals surface area contributed by atoms with Crippen LogP contribution in [0.4, 0.5) is 0 Å². The van der Waals surface area contributed by atoms with Crippen LogP contribution in [0.15, 0.2) is 33.4 Å². The van der Waals surface area contributed by atoms with Gasteiger partial charge in [-0.15, -0.1) is 0 Å². The molecule has 0 radical (unpaired) electrons. The van der Waals surface area contributed by atoms with Crippen molar-refractivity contribution in [2.75, 3.05) is 0 Å². The lowest BCUT2D eigenvalue weighted by Crippen LogP contribution is -1.86. The summed E-state index contributed by atoms with van der Waals surface area (Å²) in [6.45, 7) is 0. The van der Waals surface area contributed by atoms with E-state index in [9.17, 15) is 4.79 Å². The normalized spacial score (nSPS) is 10.5. The predicted octanol–water partition coefficient (Wildman–Crippen LogP) is 2.94. The molecule has 0 N–H and O–H groups in total. The molecule has 2 nitrogen and oxygen atoms in total. The van der Waals surface area contributed by atoms with E-state index in [1.807, 2.05) is 18.2 Å². The molecule has 0 bridgehead atoms. The van der Waals surface area contributed by atoms with Crippen molar-refractivity contribution in [3.8, 4) is 0 Å². The second-order valence-electron chi connectivity index (χ2n) is 2.77. The second-order valence-corrected chi connectivity index (χ2v) is 3.69. The molecule has 0 atom stereocenters. The Balaban J connectivity index is 2.69. The van der Waals surface area contributed by atoms with Gasteiger partial charge in [0.05, 0.1) is 6.26 Å². The maximum absolute atomic E-state index is 10.4. The van der Waals surface area contributed by atoms with Crippen molar-refractivity contribution < 1.29 is 9.21 Å². The van der Waals surface area contributed by atoms with Crippen LogP contribution >= 0.6 is 15.9 Å². The third kappa shape index (κ3) is 1.52.